The average molecular weight is 196 g/mol. The fourth-order valence-electron chi connectivity index (χ4n) is 1.33. The standard InChI is InChI=1S/C13H12N2/c1-11-5-2-3-6-12(11)7-8-13-14-9-4-10-15-13/h2-10H,1H3. The Morgan fingerprint density at radius 3 is 2.40 bits per heavy atom. The van der Waals surface area contributed by atoms with Crippen LogP contribution in [0.1, 0.15) is 17.0 Å². The maximum atomic E-state index is 4.13. The van der Waals surface area contributed by atoms with Gasteiger partial charge < -0.3 is 0 Å². The van der Waals surface area contributed by atoms with Gasteiger partial charge in [0, 0.05) is 12.4 Å². The monoisotopic (exact) mass is 196 g/mol. The number of benzene rings is 1. The first kappa shape index (κ1) is 9.59. The third-order valence-corrected chi connectivity index (χ3v) is 2.19. The van der Waals surface area contributed by atoms with Gasteiger partial charge in [0.2, 0.25) is 0 Å². The van der Waals surface area contributed by atoms with Crippen LogP contribution in [0.3, 0.4) is 0 Å². The van der Waals surface area contributed by atoms with E-state index in [4.69, 9.17) is 0 Å². The van der Waals surface area contributed by atoms with Crippen LogP contribution >= 0.6 is 0 Å². The lowest BCUT2D eigenvalue weighted by Gasteiger charge is -1.97. The highest BCUT2D eigenvalue weighted by atomic mass is 14.8. The van der Waals surface area contributed by atoms with E-state index in [2.05, 4.69) is 29.0 Å². The van der Waals surface area contributed by atoms with E-state index in [0.717, 1.165) is 5.82 Å². The van der Waals surface area contributed by atoms with Crippen molar-refractivity contribution in [3.8, 4) is 0 Å². The molecule has 0 fully saturated rings. The summed E-state index contributed by atoms with van der Waals surface area (Å²) in [7, 11) is 0. The summed E-state index contributed by atoms with van der Waals surface area (Å²) in [4.78, 5) is 8.25. The molecule has 0 N–H and O–H groups in total. The Bertz CT molecular complexity index is 461. The zero-order valence-electron chi connectivity index (χ0n) is 8.59. The van der Waals surface area contributed by atoms with Crippen molar-refractivity contribution in [2.24, 2.45) is 0 Å². The normalized spacial score (nSPS) is 10.7. The van der Waals surface area contributed by atoms with E-state index in [1.54, 1.807) is 12.4 Å². The number of aromatic nitrogens is 2. The third-order valence-electron chi connectivity index (χ3n) is 2.19. The summed E-state index contributed by atoms with van der Waals surface area (Å²) in [5, 5.41) is 0. The van der Waals surface area contributed by atoms with Crippen molar-refractivity contribution in [2.45, 2.75) is 6.92 Å². The molecular formula is C13H12N2. The van der Waals surface area contributed by atoms with Crippen LogP contribution in [0.2, 0.25) is 0 Å². The molecule has 0 saturated carbocycles. The van der Waals surface area contributed by atoms with Crippen molar-refractivity contribution in [1.82, 2.24) is 9.97 Å². The molecule has 0 radical (unpaired) electrons. The van der Waals surface area contributed by atoms with Gasteiger partial charge in [0.15, 0.2) is 5.82 Å². The van der Waals surface area contributed by atoms with Gasteiger partial charge in [0.25, 0.3) is 0 Å². The van der Waals surface area contributed by atoms with Crippen LogP contribution in [0.4, 0.5) is 0 Å². The van der Waals surface area contributed by atoms with Gasteiger partial charge in [-0.05, 0) is 30.2 Å². The summed E-state index contributed by atoms with van der Waals surface area (Å²) in [6, 6.07) is 10.0. The Hall–Kier alpha value is -1.96. The van der Waals surface area contributed by atoms with E-state index >= 15 is 0 Å². The fourth-order valence-corrected chi connectivity index (χ4v) is 1.33. The highest BCUT2D eigenvalue weighted by molar-refractivity contribution is 5.68. The van der Waals surface area contributed by atoms with Crippen LogP contribution in [-0.2, 0) is 0 Å². The van der Waals surface area contributed by atoms with Crippen molar-refractivity contribution in [3.05, 3.63) is 59.7 Å². The van der Waals surface area contributed by atoms with Crippen molar-refractivity contribution in [2.75, 3.05) is 0 Å². The first-order valence-electron chi connectivity index (χ1n) is 4.87. The number of rotatable bonds is 2. The highest BCUT2D eigenvalue weighted by Crippen LogP contribution is 2.10. The van der Waals surface area contributed by atoms with Crippen molar-refractivity contribution in [1.29, 1.82) is 0 Å². The highest BCUT2D eigenvalue weighted by Gasteiger charge is 1.91. The van der Waals surface area contributed by atoms with Gasteiger partial charge in [-0.25, -0.2) is 9.97 Å². The van der Waals surface area contributed by atoms with Crippen molar-refractivity contribution in [3.63, 3.8) is 0 Å². The zero-order chi connectivity index (χ0) is 10.5. The predicted octanol–water partition coefficient (Wildman–Crippen LogP) is 2.96. The molecule has 0 amide bonds. The minimum atomic E-state index is 0.737. The summed E-state index contributed by atoms with van der Waals surface area (Å²) in [6.07, 6.45) is 7.43. The SMILES string of the molecule is Cc1ccccc1C=Cc1ncccn1. The third kappa shape index (κ3) is 2.50. The molecule has 1 aromatic carbocycles. The molecule has 2 nitrogen and oxygen atoms in total. The lowest BCUT2D eigenvalue weighted by Crippen LogP contribution is -1.83. The lowest BCUT2D eigenvalue weighted by molar-refractivity contribution is 1.14. The topological polar surface area (TPSA) is 25.8 Å². The predicted molar refractivity (Wildman–Crippen MR) is 62.1 cm³/mol. The van der Waals surface area contributed by atoms with Crippen molar-refractivity contribution < 1.29 is 0 Å². The van der Waals surface area contributed by atoms with E-state index in [1.165, 1.54) is 11.1 Å². The summed E-state index contributed by atoms with van der Waals surface area (Å²) in [5.74, 6) is 0.737. The van der Waals surface area contributed by atoms with Crippen molar-refractivity contribution >= 4 is 12.2 Å². The number of hydrogen-bond donors (Lipinski definition) is 0. The molecule has 0 spiro atoms. The molecule has 0 aliphatic rings. The molecule has 15 heavy (non-hydrogen) atoms. The lowest BCUT2D eigenvalue weighted by atomic mass is 10.1. The Kier molecular flexibility index (Phi) is 2.88. The molecular weight excluding hydrogens is 184 g/mol. The van der Waals surface area contributed by atoms with Gasteiger partial charge in [0.05, 0.1) is 0 Å². The molecule has 0 aliphatic carbocycles. The first-order valence-corrected chi connectivity index (χ1v) is 4.87. The fraction of sp³-hybridized carbons (Fsp3) is 0.0769. The average Bonchev–Trinajstić information content (AvgIpc) is 2.29. The molecule has 2 heteroatoms. The maximum Gasteiger partial charge on any atom is 0.151 e. The summed E-state index contributed by atoms with van der Waals surface area (Å²) in [6.45, 7) is 2.09. The summed E-state index contributed by atoms with van der Waals surface area (Å²) in [5.41, 5.74) is 2.45. The quantitative estimate of drug-likeness (QED) is 0.738. The Labute approximate surface area is 89.3 Å². The van der Waals surface area contributed by atoms with Crippen LogP contribution in [-0.4, -0.2) is 9.97 Å². The second-order valence-electron chi connectivity index (χ2n) is 3.30. The van der Waals surface area contributed by atoms with Crippen LogP contribution < -0.4 is 0 Å². The van der Waals surface area contributed by atoms with E-state index in [1.807, 2.05) is 30.4 Å². The van der Waals surface area contributed by atoms with Gasteiger partial charge in [-0.3, -0.25) is 0 Å². The van der Waals surface area contributed by atoms with E-state index < -0.39 is 0 Å². The van der Waals surface area contributed by atoms with Gasteiger partial charge in [-0.1, -0.05) is 30.3 Å². The summed E-state index contributed by atoms with van der Waals surface area (Å²) < 4.78 is 0. The minimum Gasteiger partial charge on any atom is -0.237 e. The number of hydrogen-bond acceptors (Lipinski definition) is 2. The number of aryl methyl sites for hydroxylation is 1. The first-order chi connectivity index (χ1) is 7.36. The molecule has 0 aliphatic heterocycles. The van der Waals surface area contributed by atoms with Crippen LogP contribution in [0, 0.1) is 6.92 Å². The van der Waals surface area contributed by atoms with Crippen LogP contribution in [0.25, 0.3) is 12.2 Å². The molecule has 1 aromatic heterocycles. The zero-order valence-corrected chi connectivity index (χ0v) is 8.59. The van der Waals surface area contributed by atoms with Gasteiger partial charge in [-0.15, -0.1) is 0 Å². The van der Waals surface area contributed by atoms with E-state index in [9.17, 15) is 0 Å². The molecule has 0 atom stereocenters. The molecule has 0 saturated heterocycles. The van der Waals surface area contributed by atoms with Gasteiger partial charge in [-0.2, -0.15) is 0 Å². The molecule has 0 unspecified atom stereocenters. The van der Waals surface area contributed by atoms with Crippen LogP contribution in [0.5, 0.6) is 0 Å². The van der Waals surface area contributed by atoms with Gasteiger partial charge in [0.1, 0.15) is 0 Å². The maximum absolute atomic E-state index is 4.13. The second kappa shape index (κ2) is 4.51. The smallest absolute Gasteiger partial charge is 0.151 e. The van der Waals surface area contributed by atoms with Crippen LogP contribution in [0.15, 0.2) is 42.7 Å². The second-order valence-corrected chi connectivity index (χ2v) is 3.30. The molecule has 1 heterocycles. The number of nitrogens with zero attached hydrogens (tertiary/aromatic N) is 2. The minimum absolute atomic E-state index is 0.737. The van der Waals surface area contributed by atoms with Gasteiger partial charge >= 0.3 is 0 Å². The van der Waals surface area contributed by atoms with E-state index in [-0.39, 0.29) is 0 Å². The molecule has 74 valence electrons. The summed E-state index contributed by atoms with van der Waals surface area (Å²) >= 11 is 0. The largest absolute Gasteiger partial charge is 0.237 e. The Balaban J connectivity index is 2.23. The Morgan fingerprint density at radius 2 is 1.67 bits per heavy atom. The molecule has 2 rings (SSSR count). The molecule has 0 bridgehead atoms. The Morgan fingerprint density at radius 1 is 0.933 bits per heavy atom. The molecule has 2 aromatic rings. The van der Waals surface area contributed by atoms with E-state index in [0.29, 0.717) is 0 Å².